The fourth-order valence-corrected chi connectivity index (χ4v) is 2.94. The van der Waals surface area contributed by atoms with Crippen molar-refractivity contribution in [3.05, 3.63) is 53.9 Å². The van der Waals surface area contributed by atoms with Crippen molar-refractivity contribution >= 4 is 28.3 Å². The summed E-state index contributed by atoms with van der Waals surface area (Å²) in [6.45, 7) is 0. The van der Waals surface area contributed by atoms with Crippen molar-refractivity contribution in [3.8, 4) is 22.0 Å². The van der Waals surface area contributed by atoms with Gasteiger partial charge in [-0.2, -0.15) is 0 Å². The van der Waals surface area contributed by atoms with Crippen molar-refractivity contribution < 1.29 is 4.42 Å². The van der Waals surface area contributed by atoms with E-state index in [9.17, 15) is 0 Å². The van der Waals surface area contributed by atoms with Gasteiger partial charge in [0.1, 0.15) is 11.3 Å². The van der Waals surface area contributed by atoms with E-state index in [0.29, 0.717) is 11.5 Å². The second-order valence-electron chi connectivity index (χ2n) is 4.62. The lowest BCUT2D eigenvalue weighted by Gasteiger charge is -2.02. The number of anilines is 1. The lowest BCUT2D eigenvalue weighted by atomic mass is 10.2. The first-order valence-corrected chi connectivity index (χ1v) is 7.35. The van der Waals surface area contributed by atoms with E-state index in [4.69, 9.17) is 10.2 Å². The van der Waals surface area contributed by atoms with Crippen molar-refractivity contribution in [3.63, 3.8) is 0 Å². The predicted octanol–water partition coefficient (Wildman–Crippen LogP) is 4.20. The molecular weight excluding hydrogens is 282 g/mol. The quantitative estimate of drug-likeness (QED) is 0.601. The largest absolute Gasteiger partial charge is 0.454 e. The number of nitrogens with zero attached hydrogens (tertiary/aromatic N) is 2. The Kier molecular flexibility index (Phi) is 2.72. The van der Waals surface area contributed by atoms with Gasteiger partial charge in [-0.1, -0.05) is 24.3 Å². The van der Waals surface area contributed by atoms with Crippen LogP contribution in [0.25, 0.3) is 33.0 Å². The molecule has 0 spiro atoms. The molecule has 1 aromatic carbocycles. The van der Waals surface area contributed by atoms with Crippen LogP contribution in [0.5, 0.6) is 0 Å². The first kappa shape index (κ1) is 12.1. The van der Waals surface area contributed by atoms with Crippen LogP contribution in [-0.4, -0.2) is 9.97 Å². The van der Waals surface area contributed by atoms with Crippen LogP contribution < -0.4 is 5.73 Å². The molecule has 0 aliphatic rings. The van der Waals surface area contributed by atoms with E-state index >= 15 is 0 Å². The second kappa shape index (κ2) is 4.71. The molecule has 0 radical (unpaired) electrons. The van der Waals surface area contributed by atoms with Gasteiger partial charge in [0.25, 0.3) is 0 Å². The number of aromatic nitrogens is 2. The molecule has 3 heterocycles. The maximum Gasteiger partial charge on any atom is 0.221 e. The van der Waals surface area contributed by atoms with Crippen LogP contribution in [0.15, 0.2) is 58.3 Å². The van der Waals surface area contributed by atoms with E-state index < -0.39 is 0 Å². The molecule has 0 amide bonds. The molecule has 0 fully saturated rings. The van der Waals surface area contributed by atoms with E-state index in [1.807, 2.05) is 53.9 Å². The van der Waals surface area contributed by atoms with Gasteiger partial charge in [-0.3, -0.25) is 0 Å². The third-order valence-corrected chi connectivity index (χ3v) is 4.09. The highest BCUT2D eigenvalue weighted by Gasteiger charge is 2.11. The average molecular weight is 293 g/mol. The van der Waals surface area contributed by atoms with Crippen LogP contribution in [0.4, 0.5) is 5.95 Å². The van der Waals surface area contributed by atoms with Gasteiger partial charge in [-0.15, -0.1) is 11.3 Å². The molecule has 0 saturated carbocycles. The summed E-state index contributed by atoms with van der Waals surface area (Å²) in [5.74, 6) is 0.944. The molecule has 0 saturated heterocycles. The van der Waals surface area contributed by atoms with Crippen molar-refractivity contribution in [2.75, 3.05) is 5.73 Å². The highest BCUT2D eigenvalue weighted by atomic mass is 32.1. The number of furan rings is 1. The zero-order chi connectivity index (χ0) is 14.2. The van der Waals surface area contributed by atoms with Crippen LogP contribution in [0.2, 0.25) is 0 Å². The van der Waals surface area contributed by atoms with Crippen LogP contribution in [0, 0.1) is 0 Å². The van der Waals surface area contributed by atoms with E-state index in [1.54, 1.807) is 11.3 Å². The van der Waals surface area contributed by atoms with Crippen molar-refractivity contribution in [2.45, 2.75) is 0 Å². The molecule has 0 unspecified atom stereocenters. The molecule has 0 bridgehead atoms. The number of para-hydroxylation sites is 1. The summed E-state index contributed by atoms with van der Waals surface area (Å²) in [5, 5.41) is 3.05. The Hall–Kier alpha value is -2.66. The fourth-order valence-electron chi connectivity index (χ4n) is 2.25. The summed E-state index contributed by atoms with van der Waals surface area (Å²) >= 11 is 1.62. The minimum Gasteiger partial charge on any atom is -0.454 e. The van der Waals surface area contributed by atoms with Crippen molar-refractivity contribution in [1.82, 2.24) is 9.97 Å². The number of fused-ring (bicyclic) bond motifs is 1. The van der Waals surface area contributed by atoms with Crippen LogP contribution in [0.3, 0.4) is 0 Å². The van der Waals surface area contributed by atoms with E-state index in [0.717, 1.165) is 21.5 Å². The molecule has 3 aromatic heterocycles. The fraction of sp³-hybridized carbons (Fsp3) is 0. The van der Waals surface area contributed by atoms with E-state index in [-0.39, 0.29) is 5.95 Å². The molecule has 0 aliphatic carbocycles. The highest BCUT2D eigenvalue weighted by Crippen LogP contribution is 2.30. The van der Waals surface area contributed by atoms with Crippen LogP contribution in [-0.2, 0) is 0 Å². The summed E-state index contributed by atoms with van der Waals surface area (Å²) in [4.78, 5) is 9.63. The second-order valence-corrected chi connectivity index (χ2v) is 5.57. The number of benzene rings is 1. The third-order valence-electron chi connectivity index (χ3n) is 3.20. The lowest BCUT2D eigenvalue weighted by molar-refractivity contribution is 0.628. The monoisotopic (exact) mass is 293 g/mol. The molecule has 21 heavy (non-hydrogen) atoms. The minimum atomic E-state index is 0.247. The third kappa shape index (κ3) is 2.17. The Balaban J connectivity index is 1.88. The molecule has 5 heteroatoms. The number of nitrogens with two attached hydrogens (primary N) is 1. The molecule has 102 valence electrons. The van der Waals surface area contributed by atoms with Gasteiger partial charge in [-0.25, -0.2) is 9.97 Å². The molecule has 4 rings (SSSR count). The summed E-state index contributed by atoms with van der Waals surface area (Å²) in [6, 6.07) is 15.7. The Bertz CT molecular complexity index is 879. The zero-order valence-electron chi connectivity index (χ0n) is 11.0. The van der Waals surface area contributed by atoms with E-state index in [2.05, 4.69) is 9.97 Å². The Labute approximate surface area is 124 Å². The standard InChI is InChI=1S/C16H11N3OS/c17-16-18-11(9-12(19-16)15-6-3-7-21-15)14-8-10-4-1-2-5-13(10)20-14/h1-9H,(H2,17,18,19). The lowest BCUT2D eigenvalue weighted by Crippen LogP contribution is -1.97. The van der Waals surface area contributed by atoms with Crippen LogP contribution >= 0.6 is 11.3 Å². The Morgan fingerprint density at radius 3 is 2.62 bits per heavy atom. The number of rotatable bonds is 2. The maximum absolute atomic E-state index is 5.84. The number of hydrogen-bond donors (Lipinski definition) is 1. The summed E-state index contributed by atoms with van der Waals surface area (Å²) in [6.07, 6.45) is 0. The summed E-state index contributed by atoms with van der Waals surface area (Å²) in [5.41, 5.74) is 8.18. The molecular formula is C16H11N3OS. The normalized spacial score (nSPS) is 11.0. The Morgan fingerprint density at radius 1 is 0.952 bits per heavy atom. The first-order chi connectivity index (χ1) is 10.3. The molecule has 0 aliphatic heterocycles. The van der Waals surface area contributed by atoms with Gasteiger partial charge in [0.15, 0.2) is 5.76 Å². The van der Waals surface area contributed by atoms with Gasteiger partial charge in [0.05, 0.1) is 10.6 Å². The summed E-state index contributed by atoms with van der Waals surface area (Å²) in [7, 11) is 0. The van der Waals surface area contributed by atoms with Gasteiger partial charge in [0.2, 0.25) is 5.95 Å². The minimum absolute atomic E-state index is 0.247. The number of thiophene rings is 1. The highest BCUT2D eigenvalue weighted by molar-refractivity contribution is 7.13. The SMILES string of the molecule is Nc1nc(-c2cc3ccccc3o2)cc(-c2cccs2)n1. The smallest absolute Gasteiger partial charge is 0.221 e. The van der Waals surface area contributed by atoms with Gasteiger partial charge in [0, 0.05) is 5.39 Å². The van der Waals surface area contributed by atoms with Gasteiger partial charge < -0.3 is 10.2 Å². The average Bonchev–Trinajstić information content (AvgIpc) is 3.16. The first-order valence-electron chi connectivity index (χ1n) is 6.47. The van der Waals surface area contributed by atoms with Crippen molar-refractivity contribution in [2.24, 2.45) is 0 Å². The molecule has 4 aromatic rings. The van der Waals surface area contributed by atoms with E-state index in [1.165, 1.54) is 0 Å². The summed E-state index contributed by atoms with van der Waals surface area (Å²) < 4.78 is 5.84. The van der Waals surface area contributed by atoms with Crippen molar-refractivity contribution in [1.29, 1.82) is 0 Å². The van der Waals surface area contributed by atoms with Gasteiger partial charge in [-0.05, 0) is 29.6 Å². The predicted molar refractivity (Wildman–Crippen MR) is 85.0 cm³/mol. The maximum atomic E-state index is 5.84. The molecule has 2 N–H and O–H groups in total. The van der Waals surface area contributed by atoms with Crippen LogP contribution in [0.1, 0.15) is 0 Å². The Morgan fingerprint density at radius 2 is 1.81 bits per heavy atom. The topological polar surface area (TPSA) is 64.9 Å². The number of hydrogen-bond acceptors (Lipinski definition) is 5. The van der Waals surface area contributed by atoms with Gasteiger partial charge >= 0.3 is 0 Å². The zero-order valence-corrected chi connectivity index (χ0v) is 11.8. The number of nitrogen functional groups attached to an aromatic ring is 1. The molecule has 0 atom stereocenters. The molecule has 4 nitrogen and oxygen atoms in total.